The summed E-state index contributed by atoms with van der Waals surface area (Å²) < 4.78 is 27.0. The first-order valence-electron chi connectivity index (χ1n) is 11.1. The maximum Gasteiger partial charge on any atom is 0.243 e. The van der Waals surface area contributed by atoms with Crippen molar-refractivity contribution in [1.29, 1.82) is 0 Å². The number of piperazine rings is 1. The third-order valence-corrected chi connectivity index (χ3v) is 8.72. The van der Waals surface area contributed by atoms with Gasteiger partial charge < -0.3 is 9.80 Å². The third kappa shape index (κ3) is 5.08. The lowest BCUT2D eigenvalue weighted by atomic mass is 10.1. The second-order valence-corrected chi connectivity index (χ2v) is 10.9. The molecule has 2 aromatic rings. The number of carbonyl (C=O) groups is 2. The van der Waals surface area contributed by atoms with E-state index in [0.29, 0.717) is 18.1 Å². The van der Waals surface area contributed by atoms with Gasteiger partial charge in [0.25, 0.3) is 0 Å². The standard InChI is InChI=1S/C24H28ClN3O4S/c1-26(22-11-6-18-4-2-3-5-21(18)22)23(29)12-13-24(30)27-14-16-28(17-15-27)33(31,32)20-9-7-19(25)8-10-20/h2-5,7-10,22H,6,11-17H2,1H3/t22-/m1/s1. The number of hydrogen-bond acceptors (Lipinski definition) is 4. The molecule has 1 fully saturated rings. The lowest BCUT2D eigenvalue weighted by Crippen LogP contribution is -2.50. The molecule has 4 rings (SSSR count). The van der Waals surface area contributed by atoms with Gasteiger partial charge in [-0.25, -0.2) is 8.42 Å². The van der Waals surface area contributed by atoms with Crippen molar-refractivity contribution in [3.8, 4) is 0 Å². The summed E-state index contributed by atoms with van der Waals surface area (Å²) in [6.45, 7) is 1.07. The Hall–Kier alpha value is -2.42. The zero-order chi connectivity index (χ0) is 23.6. The fraction of sp³-hybridized carbons (Fsp3) is 0.417. The number of hydrogen-bond donors (Lipinski definition) is 0. The van der Waals surface area contributed by atoms with Crippen LogP contribution in [-0.4, -0.2) is 67.6 Å². The van der Waals surface area contributed by atoms with Crippen LogP contribution in [0.3, 0.4) is 0 Å². The highest BCUT2D eigenvalue weighted by Crippen LogP contribution is 2.35. The molecule has 0 bridgehead atoms. The Bertz CT molecular complexity index is 1130. The van der Waals surface area contributed by atoms with Crippen LogP contribution in [0.2, 0.25) is 5.02 Å². The number of fused-ring (bicyclic) bond motifs is 1. The Morgan fingerprint density at radius 2 is 1.67 bits per heavy atom. The van der Waals surface area contributed by atoms with Crippen molar-refractivity contribution in [3.63, 3.8) is 0 Å². The van der Waals surface area contributed by atoms with E-state index >= 15 is 0 Å². The van der Waals surface area contributed by atoms with Crippen LogP contribution in [0.5, 0.6) is 0 Å². The van der Waals surface area contributed by atoms with Gasteiger partial charge in [0, 0.05) is 51.1 Å². The zero-order valence-electron chi connectivity index (χ0n) is 18.6. The van der Waals surface area contributed by atoms with E-state index in [1.54, 1.807) is 29.0 Å². The molecule has 0 unspecified atom stereocenters. The number of benzene rings is 2. The van der Waals surface area contributed by atoms with Crippen LogP contribution < -0.4 is 0 Å². The van der Waals surface area contributed by atoms with Crippen molar-refractivity contribution in [2.45, 2.75) is 36.6 Å². The minimum absolute atomic E-state index is 0.0472. The monoisotopic (exact) mass is 489 g/mol. The Balaban J connectivity index is 1.27. The molecule has 7 nitrogen and oxygen atoms in total. The first kappa shape index (κ1) is 23.7. The Labute approximate surface area is 200 Å². The minimum atomic E-state index is -3.62. The van der Waals surface area contributed by atoms with Crippen LogP contribution in [0, 0.1) is 0 Å². The molecule has 0 radical (unpaired) electrons. The van der Waals surface area contributed by atoms with E-state index in [1.807, 2.05) is 12.1 Å². The van der Waals surface area contributed by atoms with Crippen LogP contribution in [-0.2, 0) is 26.0 Å². The van der Waals surface area contributed by atoms with Crippen LogP contribution in [0.25, 0.3) is 0 Å². The molecule has 1 saturated heterocycles. The van der Waals surface area contributed by atoms with Crippen molar-refractivity contribution in [2.24, 2.45) is 0 Å². The molecule has 33 heavy (non-hydrogen) atoms. The maximum absolute atomic E-state index is 12.8. The molecule has 1 aliphatic carbocycles. The van der Waals surface area contributed by atoms with Crippen molar-refractivity contribution in [2.75, 3.05) is 33.2 Å². The normalized spacial score (nSPS) is 18.7. The second kappa shape index (κ2) is 9.83. The molecule has 1 heterocycles. The molecule has 176 valence electrons. The summed E-state index contributed by atoms with van der Waals surface area (Å²) in [5, 5.41) is 0.474. The fourth-order valence-electron chi connectivity index (χ4n) is 4.59. The van der Waals surface area contributed by atoms with Crippen molar-refractivity contribution in [3.05, 3.63) is 64.7 Å². The molecule has 0 spiro atoms. The van der Waals surface area contributed by atoms with Gasteiger partial charge in [-0.2, -0.15) is 4.31 Å². The molecule has 1 aliphatic heterocycles. The lowest BCUT2D eigenvalue weighted by molar-refractivity contribution is -0.138. The van der Waals surface area contributed by atoms with Crippen LogP contribution in [0.15, 0.2) is 53.4 Å². The highest BCUT2D eigenvalue weighted by atomic mass is 35.5. The largest absolute Gasteiger partial charge is 0.340 e. The number of aryl methyl sites for hydroxylation is 1. The number of amides is 2. The van der Waals surface area contributed by atoms with Gasteiger partial charge in [0.2, 0.25) is 21.8 Å². The molecule has 2 aliphatic rings. The summed E-state index contributed by atoms with van der Waals surface area (Å²) in [7, 11) is -1.82. The molecule has 0 N–H and O–H groups in total. The number of halogens is 1. The van der Waals surface area contributed by atoms with Gasteiger partial charge in [0.1, 0.15) is 0 Å². The first-order chi connectivity index (χ1) is 15.8. The first-order valence-corrected chi connectivity index (χ1v) is 13.0. The van der Waals surface area contributed by atoms with Crippen LogP contribution in [0.4, 0.5) is 0 Å². The van der Waals surface area contributed by atoms with E-state index in [-0.39, 0.29) is 48.7 Å². The van der Waals surface area contributed by atoms with E-state index < -0.39 is 10.0 Å². The van der Waals surface area contributed by atoms with Gasteiger partial charge in [0.15, 0.2) is 0 Å². The molecule has 0 saturated carbocycles. The molecular formula is C24H28ClN3O4S. The Kier molecular flexibility index (Phi) is 7.07. The van der Waals surface area contributed by atoms with Crippen molar-refractivity contribution < 1.29 is 18.0 Å². The quantitative estimate of drug-likeness (QED) is 0.624. The fourth-order valence-corrected chi connectivity index (χ4v) is 6.14. The second-order valence-electron chi connectivity index (χ2n) is 8.50. The average Bonchev–Trinajstić information content (AvgIpc) is 3.26. The van der Waals surface area contributed by atoms with Gasteiger partial charge in [-0.1, -0.05) is 35.9 Å². The lowest BCUT2D eigenvalue weighted by Gasteiger charge is -2.34. The molecule has 1 atom stereocenters. The summed E-state index contributed by atoms with van der Waals surface area (Å²) in [4.78, 5) is 29.0. The molecular weight excluding hydrogens is 462 g/mol. The van der Waals surface area contributed by atoms with E-state index in [0.717, 1.165) is 12.8 Å². The Morgan fingerprint density at radius 1 is 1.00 bits per heavy atom. The summed E-state index contributed by atoms with van der Waals surface area (Å²) in [5.41, 5.74) is 2.47. The van der Waals surface area contributed by atoms with E-state index in [1.165, 1.54) is 27.6 Å². The zero-order valence-corrected chi connectivity index (χ0v) is 20.2. The average molecular weight is 490 g/mol. The Morgan fingerprint density at radius 3 is 2.36 bits per heavy atom. The van der Waals surface area contributed by atoms with Gasteiger partial charge >= 0.3 is 0 Å². The predicted octanol–water partition coefficient (Wildman–Crippen LogP) is 3.10. The number of nitrogens with zero attached hydrogens (tertiary/aromatic N) is 3. The van der Waals surface area contributed by atoms with Crippen molar-refractivity contribution >= 4 is 33.4 Å². The summed E-state index contributed by atoms with van der Waals surface area (Å²) in [6.07, 6.45) is 2.14. The van der Waals surface area contributed by atoms with E-state index in [9.17, 15) is 18.0 Å². The van der Waals surface area contributed by atoms with Crippen LogP contribution in [0.1, 0.15) is 36.4 Å². The SMILES string of the molecule is CN(C(=O)CCC(=O)N1CCN(S(=O)(=O)c2ccc(Cl)cc2)CC1)[C@@H]1CCc2ccccc21. The van der Waals surface area contributed by atoms with E-state index in [2.05, 4.69) is 12.1 Å². The molecule has 2 aromatic carbocycles. The van der Waals surface area contributed by atoms with Gasteiger partial charge in [-0.15, -0.1) is 0 Å². The van der Waals surface area contributed by atoms with Crippen molar-refractivity contribution in [1.82, 2.24) is 14.1 Å². The topological polar surface area (TPSA) is 78.0 Å². The highest BCUT2D eigenvalue weighted by Gasteiger charge is 2.31. The summed E-state index contributed by atoms with van der Waals surface area (Å²) >= 11 is 5.85. The maximum atomic E-state index is 12.8. The summed E-state index contributed by atoms with van der Waals surface area (Å²) in [5.74, 6) is -0.166. The predicted molar refractivity (Wildman–Crippen MR) is 126 cm³/mol. The number of rotatable bonds is 6. The smallest absolute Gasteiger partial charge is 0.243 e. The molecule has 0 aromatic heterocycles. The van der Waals surface area contributed by atoms with Gasteiger partial charge in [-0.05, 0) is 48.2 Å². The highest BCUT2D eigenvalue weighted by molar-refractivity contribution is 7.89. The molecule has 2 amide bonds. The minimum Gasteiger partial charge on any atom is -0.340 e. The van der Waals surface area contributed by atoms with Gasteiger partial charge in [0.05, 0.1) is 10.9 Å². The summed E-state index contributed by atoms with van der Waals surface area (Å²) in [6, 6.07) is 14.3. The van der Waals surface area contributed by atoms with E-state index in [4.69, 9.17) is 11.6 Å². The van der Waals surface area contributed by atoms with Gasteiger partial charge in [-0.3, -0.25) is 9.59 Å². The third-order valence-electron chi connectivity index (χ3n) is 6.56. The molecule has 9 heteroatoms. The van der Waals surface area contributed by atoms with Crippen LogP contribution >= 0.6 is 11.6 Å². The number of carbonyl (C=O) groups excluding carboxylic acids is 2. The number of sulfonamides is 1.